The molecule has 28 nitrogen and oxygen atoms in total. The third-order valence-electron chi connectivity index (χ3n) is 21.3. The maximum Gasteiger partial charge on any atom is 0.308 e. The number of unbranched alkanes of at least 4 members (excludes halogenated alkanes) is 28. The number of aliphatic hydroxyl groups is 16. The molecule has 26 unspecified atom stereocenters. The van der Waals surface area contributed by atoms with Gasteiger partial charge in [-0.1, -0.05) is 205 Å². The van der Waals surface area contributed by atoms with E-state index in [1.165, 1.54) is 0 Å². The Morgan fingerprint density at radius 1 is 0.317 bits per heavy atom. The number of carbonyl (C=O) groups is 2. The van der Waals surface area contributed by atoms with Crippen LogP contribution >= 0.6 is 0 Å². The predicted molar refractivity (Wildman–Crippen MR) is 380 cm³/mol. The topological polar surface area (TPSA) is 450 Å². The third kappa shape index (κ3) is 34.7. The molecule has 5 rings (SSSR count). The number of fused-ring (bicyclic) bond motifs is 4. The van der Waals surface area contributed by atoms with Gasteiger partial charge in [-0.15, -0.1) is 0 Å². The molecule has 0 radical (unpaired) electrons. The van der Waals surface area contributed by atoms with Crippen molar-refractivity contribution >= 4 is 11.9 Å². The fraction of sp³-hybridized carbons (Fsp3) is 0.974. The largest absolute Gasteiger partial charge is 0.463 e. The zero-order valence-electron chi connectivity index (χ0n) is 62.6. The standard InChI is InChI=1S/C76H140O28/c1-49(79)35-27-19-12-11-17-23-31-39-51(97-73-69(91)65(87)61(83)55(45-77)101-73)37-29-21-13-7-4-3-5-8-15-24-33-41-53-43-59(81)95-47-58-64(86)68(90)72(94)76(104-58)100-54(44-60(82)96-48-57-63(85)67(89)71(93)75(99-53)103-57)42-34-25-16-10-6-9-14-22-30-38-52(40-32-26-18-20-28-36-50(2)80)98-74-70(92)66(88)62(84)56(46-78)102-74/h49-58,61-80,83-94H,3-48H2,1-2H3. The Kier molecular flexibility index (Phi) is 47.2. The zero-order valence-corrected chi connectivity index (χ0v) is 62.6. The number of hydrogen-bond donors (Lipinski definition) is 16. The highest BCUT2D eigenvalue weighted by Crippen LogP contribution is 2.33. The molecule has 5 aliphatic rings. The minimum atomic E-state index is -1.77. The number of ether oxygens (including phenoxy) is 10. The van der Waals surface area contributed by atoms with E-state index in [1.54, 1.807) is 6.92 Å². The van der Waals surface area contributed by atoms with Gasteiger partial charge >= 0.3 is 11.9 Å². The van der Waals surface area contributed by atoms with Crippen LogP contribution in [0.1, 0.15) is 284 Å². The lowest BCUT2D eigenvalue weighted by Crippen LogP contribution is -2.60. The van der Waals surface area contributed by atoms with Crippen LogP contribution in [0.25, 0.3) is 0 Å². The monoisotopic (exact) mass is 1500 g/mol. The summed E-state index contributed by atoms with van der Waals surface area (Å²) < 4.78 is 59.2. The number of cyclic esters (lactones) is 2. The molecule has 5 aliphatic heterocycles. The fourth-order valence-corrected chi connectivity index (χ4v) is 14.6. The molecular weight excluding hydrogens is 1360 g/mol. The second-order valence-corrected chi connectivity index (χ2v) is 30.6. The molecule has 0 aromatic heterocycles. The molecule has 0 aromatic carbocycles. The first-order valence-corrected chi connectivity index (χ1v) is 40.3. The van der Waals surface area contributed by atoms with Crippen molar-refractivity contribution < 1.29 is 139 Å². The van der Waals surface area contributed by atoms with Gasteiger partial charge in [0.2, 0.25) is 0 Å². The van der Waals surface area contributed by atoms with E-state index >= 15 is 0 Å². The summed E-state index contributed by atoms with van der Waals surface area (Å²) >= 11 is 0. The van der Waals surface area contributed by atoms with Gasteiger partial charge in [-0.3, -0.25) is 9.59 Å². The van der Waals surface area contributed by atoms with Gasteiger partial charge in [-0.2, -0.15) is 0 Å². The summed E-state index contributed by atoms with van der Waals surface area (Å²) in [7, 11) is 0. The van der Waals surface area contributed by atoms with Gasteiger partial charge in [0.15, 0.2) is 25.2 Å². The van der Waals surface area contributed by atoms with Crippen molar-refractivity contribution in [1.29, 1.82) is 0 Å². The maximum absolute atomic E-state index is 13.6. The summed E-state index contributed by atoms with van der Waals surface area (Å²) in [4.78, 5) is 27.2. The minimum Gasteiger partial charge on any atom is -0.463 e. The van der Waals surface area contributed by atoms with Crippen molar-refractivity contribution in [3.8, 4) is 0 Å². The van der Waals surface area contributed by atoms with Crippen LogP contribution < -0.4 is 0 Å². The Labute approximate surface area is 617 Å². The van der Waals surface area contributed by atoms with Crippen LogP contribution in [-0.4, -0.2) is 280 Å². The molecule has 28 heteroatoms. The molecule has 0 aliphatic carbocycles. The number of hydrogen-bond acceptors (Lipinski definition) is 28. The van der Waals surface area contributed by atoms with E-state index in [1.807, 2.05) is 6.92 Å². The average Bonchev–Trinajstić information content (AvgIpc) is 0.832. The van der Waals surface area contributed by atoms with Gasteiger partial charge in [0.25, 0.3) is 0 Å². The minimum absolute atomic E-state index is 0.229. The average molecular weight is 1500 g/mol. The van der Waals surface area contributed by atoms with Crippen molar-refractivity contribution in [3.63, 3.8) is 0 Å². The molecule has 0 aromatic rings. The summed E-state index contributed by atoms with van der Waals surface area (Å²) in [5, 5.41) is 167. The summed E-state index contributed by atoms with van der Waals surface area (Å²) in [6.07, 6.45) is 2.38. The van der Waals surface area contributed by atoms with Crippen LogP contribution in [0.15, 0.2) is 0 Å². The number of esters is 2. The number of rotatable bonds is 50. The van der Waals surface area contributed by atoms with Crippen LogP contribution in [0.3, 0.4) is 0 Å². The van der Waals surface area contributed by atoms with Crippen LogP contribution in [-0.2, 0) is 57.0 Å². The highest BCUT2D eigenvalue weighted by Gasteiger charge is 2.50. The summed E-state index contributed by atoms with van der Waals surface area (Å²) in [6.45, 7) is 1.43. The van der Waals surface area contributed by atoms with E-state index in [9.17, 15) is 91.3 Å². The summed E-state index contributed by atoms with van der Waals surface area (Å²) in [5.41, 5.74) is 0. The molecule has 0 saturated carbocycles. The van der Waals surface area contributed by atoms with E-state index in [4.69, 9.17) is 47.4 Å². The fourth-order valence-electron chi connectivity index (χ4n) is 14.6. The second kappa shape index (κ2) is 53.0. The van der Waals surface area contributed by atoms with Crippen LogP contribution in [0.4, 0.5) is 0 Å². The molecule has 104 heavy (non-hydrogen) atoms. The molecule has 0 spiro atoms. The van der Waals surface area contributed by atoms with E-state index in [2.05, 4.69) is 0 Å². The first-order valence-electron chi connectivity index (χ1n) is 40.3. The van der Waals surface area contributed by atoms with E-state index < -0.39 is 173 Å². The highest BCUT2D eigenvalue weighted by molar-refractivity contribution is 5.70. The van der Waals surface area contributed by atoms with E-state index in [0.717, 1.165) is 218 Å². The highest BCUT2D eigenvalue weighted by atomic mass is 16.7. The molecule has 0 amide bonds. The Bertz CT molecular complexity index is 2170. The van der Waals surface area contributed by atoms with Gasteiger partial charge in [-0.05, 0) is 65.2 Å². The SMILES string of the molecule is CC(O)CCCCCCCCCC(CCCCCCCCCCCCCC1CC(=O)OCC2OC(OC(CCCCCCCCCCCC(CCCCCCCC(C)O)OC3OC(CO)C(O)C(O)C3O)CC(=O)OCC3OC(O1)C(O)C(O)C3O)C(O)C(O)C2O)OC1OC(CO)C(O)C(O)C1O. The van der Waals surface area contributed by atoms with Crippen molar-refractivity contribution in [1.82, 2.24) is 0 Å². The van der Waals surface area contributed by atoms with Crippen LogP contribution in [0.5, 0.6) is 0 Å². The maximum atomic E-state index is 13.6. The lowest BCUT2D eigenvalue weighted by Gasteiger charge is -2.42. The number of carbonyl (C=O) groups excluding carboxylic acids is 2. The van der Waals surface area contributed by atoms with Gasteiger partial charge in [0.05, 0.1) is 62.7 Å². The number of aliphatic hydroxyl groups excluding tert-OH is 16. The molecule has 16 N–H and O–H groups in total. The molecule has 4 bridgehead atoms. The van der Waals surface area contributed by atoms with Crippen molar-refractivity contribution in [2.45, 2.75) is 443 Å². The second-order valence-electron chi connectivity index (χ2n) is 30.6. The van der Waals surface area contributed by atoms with Crippen molar-refractivity contribution in [2.75, 3.05) is 26.4 Å². The van der Waals surface area contributed by atoms with Crippen LogP contribution in [0.2, 0.25) is 0 Å². The molecule has 5 fully saturated rings. The van der Waals surface area contributed by atoms with E-state index in [0.29, 0.717) is 38.5 Å². The molecule has 5 heterocycles. The van der Waals surface area contributed by atoms with Crippen molar-refractivity contribution in [2.24, 2.45) is 0 Å². The van der Waals surface area contributed by atoms with Gasteiger partial charge in [0.1, 0.15) is 111 Å². The summed E-state index contributed by atoms with van der Waals surface area (Å²) in [6, 6.07) is 0. The Balaban J connectivity index is 1.02. The smallest absolute Gasteiger partial charge is 0.308 e. The first-order chi connectivity index (χ1) is 50.0. The molecule has 5 saturated heterocycles. The first kappa shape index (κ1) is 92.6. The summed E-state index contributed by atoms with van der Waals surface area (Å²) in [5.74, 6) is -1.55. The lowest BCUT2D eigenvalue weighted by atomic mass is 9.98. The van der Waals surface area contributed by atoms with E-state index in [-0.39, 0.29) is 37.3 Å². The normalized spacial score (nSPS) is 33.9. The molecular formula is C76H140O28. The van der Waals surface area contributed by atoms with Gasteiger partial charge < -0.3 is 129 Å². The Morgan fingerprint density at radius 2 is 0.577 bits per heavy atom. The third-order valence-corrected chi connectivity index (χ3v) is 21.3. The zero-order chi connectivity index (χ0) is 75.8. The lowest BCUT2D eigenvalue weighted by molar-refractivity contribution is -0.316. The molecule has 612 valence electrons. The van der Waals surface area contributed by atoms with Crippen LogP contribution in [0, 0.1) is 0 Å². The quantitative estimate of drug-likeness (QED) is 0.0282. The molecule has 26 atom stereocenters. The van der Waals surface area contributed by atoms with Gasteiger partial charge in [-0.25, -0.2) is 0 Å². The van der Waals surface area contributed by atoms with Gasteiger partial charge in [0, 0.05) is 0 Å². The Hall–Kier alpha value is -2.02. The predicted octanol–water partition coefficient (Wildman–Crippen LogP) is 4.99. The Morgan fingerprint density at radius 3 is 0.856 bits per heavy atom. The van der Waals surface area contributed by atoms with Crippen molar-refractivity contribution in [3.05, 3.63) is 0 Å².